The van der Waals surface area contributed by atoms with E-state index >= 15 is 0 Å². The maximum absolute atomic E-state index is 11.7. The molecule has 2 heterocycles. The van der Waals surface area contributed by atoms with Crippen molar-refractivity contribution in [3.63, 3.8) is 0 Å². The minimum absolute atomic E-state index is 0.145. The van der Waals surface area contributed by atoms with Gasteiger partial charge in [0.25, 0.3) is 5.91 Å². The molecule has 0 fully saturated rings. The summed E-state index contributed by atoms with van der Waals surface area (Å²) < 4.78 is 1.74. The zero-order valence-electron chi connectivity index (χ0n) is 9.21. The van der Waals surface area contributed by atoms with Crippen LogP contribution in [-0.4, -0.2) is 27.0 Å². The van der Waals surface area contributed by atoms with E-state index in [2.05, 4.69) is 21.9 Å². The molecular formula is C12H12N4O. The minimum Gasteiger partial charge on any atom is -0.349 e. The van der Waals surface area contributed by atoms with Gasteiger partial charge in [-0.3, -0.25) is 9.36 Å². The van der Waals surface area contributed by atoms with Gasteiger partial charge >= 0.3 is 0 Å². The molecule has 0 saturated carbocycles. The van der Waals surface area contributed by atoms with Crippen molar-refractivity contribution in [2.75, 3.05) is 6.54 Å². The summed E-state index contributed by atoms with van der Waals surface area (Å²) in [5.41, 5.74) is 0.561. The molecule has 0 spiro atoms. The van der Waals surface area contributed by atoms with E-state index in [1.807, 2.05) is 0 Å². The molecule has 0 bridgehead atoms. The first-order valence-corrected chi connectivity index (χ1v) is 5.15. The molecule has 2 aromatic rings. The standard InChI is InChI=1S/C12H12N4O/c1-2-4-15-12(17)10-3-5-14-11(8-10)16-7-6-13-9-16/h2-3,5-9H,1,4H2,(H,15,17). The van der Waals surface area contributed by atoms with Crippen LogP contribution in [0.4, 0.5) is 0 Å². The molecule has 0 unspecified atom stereocenters. The van der Waals surface area contributed by atoms with Gasteiger partial charge in [-0.1, -0.05) is 6.08 Å². The molecule has 86 valence electrons. The van der Waals surface area contributed by atoms with Crippen LogP contribution in [0.3, 0.4) is 0 Å². The van der Waals surface area contributed by atoms with Crippen LogP contribution < -0.4 is 5.32 Å². The second-order valence-corrected chi connectivity index (χ2v) is 3.37. The van der Waals surface area contributed by atoms with E-state index in [9.17, 15) is 4.79 Å². The molecule has 0 aliphatic carbocycles. The lowest BCUT2D eigenvalue weighted by Crippen LogP contribution is -2.23. The Hall–Kier alpha value is -2.43. The second-order valence-electron chi connectivity index (χ2n) is 3.37. The van der Waals surface area contributed by atoms with Crippen LogP contribution in [0.25, 0.3) is 5.82 Å². The molecule has 0 radical (unpaired) electrons. The largest absolute Gasteiger partial charge is 0.349 e. The monoisotopic (exact) mass is 228 g/mol. The summed E-state index contributed by atoms with van der Waals surface area (Å²) >= 11 is 0. The highest BCUT2D eigenvalue weighted by Crippen LogP contribution is 2.06. The van der Waals surface area contributed by atoms with E-state index in [1.165, 1.54) is 0 Å². The van der Waals surface area contributed by atoms with Crippen molar-refractivity contribution in [3.05, 3.63) is 55.3 Å². The molecule has 0 aromatic carbocycles. The average Bonchev–Trinajstić information content (AvgIpc) is 2.90. The highest BCUT2D eigenvalue weighted by atomic mass is 16.1. The van der Waals surface area contributed by atoms with Crippen LogP contribution in [0.15, 0.2) is 49.7 Å². The zero-order valence-corrected chi connectivity index (χ0v) is 9.21. The van der Waals surface area contributed by atoms with Crippen LogP contribution in [0.2, 0.25) is 0 Å². The molecule has 0 aliphatic rings. The van der Waals surface area contributed by atoms with Gasteiger partial charge in [-0.05, 0) is 12.1 Å². The fourth-order valence-corrected chi connectivity index (χ4v) is 1.36. The zero-order chi connectivity index (χ0) is 12.1. The molecule has 17 heavy (non-hydrogen) atoms. The first-order valence-electron chi connectivity index (χ1n) is 5.15. The van der Waals surface area contributed by atoms with E-state index in [-0.39, 0.29) is 5.91 Å². The van der Waals surface area contributed by atoms with E-state index in [1.54, 1.807) is 47.7 Å². The normalized spacial score (nSPS) is 9.88. The number of amides is 1. The number of hydrogen-bond donors (Lipinski definition) is 1. The van der Waals surface area contributed by atoms with E-state index in [0.717, 1.165) is 0 Å². The lowest BCUT2D eigenvalue weighted by molar-refractivity contribution is 0.0958. The van der Waals surface area contributed by atoms with Gasteiger partial charge in [-0.15, -0.1) is 6.58 Å². The van der Waals surface area contributed by atoms with Crippen LogP contribution in [0.1, 0.15) is 10.4 Å². The van der Waals surface area contributed by atoms with Crippen molar-refractivity contribution < 1.29 is 4.79 Å². The number of hydrogen-bond acceptors (Lipinski definition) is 3. The van der Waals surface area contributed by atoms with Gasteiger partial charge in [0.15, 0.2) is 0 Å². The summed E-state index contributed by atoms with van der Waals surface area (Å²) in [7, 11) is 0. The summed E-state index contributed by atoms with van der Waals surface area (Å²) in [5.74, 6) is 0.516. The predicted octanol–water partition coefficient (Wildman–Crippen LogP) is 1.18. The van der Waals surface area contributed by atoms with Crippen LogP contribution >= 0.6 is 0 Å². The first-order chi connectivity index (χ1) is 8.31. The average molecular weight is 228 g/mol. The molecular weight excluding hydrogens is 216 g/mol. The molecule has 2 rings (SSSR count). The Morgan fingerprint density at radius 3 is 3.12 bits per heavy atom. The summed E-state index contributed by atoms with van der Waals surface area (Å²) in [6.07, 6.45) is 8.29. The van der Waals surface area contributed by atoms with Crippen molar-refractivity contribution in [2.24, 2.45) is 0 Å². The minimum atomic E-state index is -0.145. The Morgan fingerprint density at radius 2 is 2.41 bits per heavy atom. The Kier molecular flexibility index (Phi) is 3.30. The number of aromatic nitrogens is 3. The van der Waals surface area contributed by atoms with Gasteiger partial charge in [-0.2, -0.15) is 0 Å². The third kappa shape index (κ3) is 2.57. The molecule has 0 saturated heterocycles. The molecule has 0 atom stereocenters. The van der Waals surface area contributed by atoms with Crippen LogP contribution in [0, 0.1) is 0 Å². The quantitative estimate of drug-likeness (QED) is 0.799. The molecule has 2 aromatic heterocycles. The van der Waals surface area contributed by atoms with Crippen molar-refractivity contribution >= 4 is 5.91 Å². The second kappa shape index (κ2) is 5.07. The summed E-state index contributed by atoms with van der Waals surface area (Å²) in [6, 6.07) is 3.37. The van der Waals surface area contributed by atoms with Crippen LogP contribution in [0.5, 0.6) is 0 Å². The maximum Gasteiger partial charge on any atom is 0.251 e. The van der Waals surface area contributed by atoms with Gasteiger partial charge in [0.05, 0.1) is 0 Å². The fraction of sp³-hybridized carbons (Fsp3) is 0.0833. The number of imidazole rings is 1. The molecule has 1 amide bonds. The Balaban J connectivity index is 2.22. The van der Waals surface area contributed by atoms with Crippen molar-refractivity contribution in [3.8, 4) is 5.82 Å². The van der Waals surface area contributed by atoms with Crippen molar-refractivity contribution in [1.82, 2.24) is 19.9 Å². The summed E-state index contributed by atoms with van der Waals surface area (Å²) in [4.78, 5) is 19.8. The number of nitrogens with one attached hydrogen (secondary N) is 1. The first kappa shape index (κ1) is 11.1. The number of carbonyl (C=O) groups excluding carboxylic acids is 1. The Bertz CT molecular complexity index is 519. The highest BCUT2D eigenvalue weighted by molar-refractivity contribution is 5.94. The van der Waals surface area contributed by atoms with Crippen molar-refractivity contribution in [2.45, 2.75) is 0 Å². The highest BCUT2D eigenvalue weighted by Gasteiger charge is 2.06. The summed E-state index contributed by atoms with van der Waals surface area (Å²) in [5, 5.41) is 2.71. The molecule has 0 aliphatic heterocycles. The predicted molar refractivity (Wildman–Crippen MR) is 63.9 cm³/mol. The van der Waals surface area contributed by atoms with Gasteiger partial charge in [0.2, 0.25) is 0 Å². The van der Waals surface area contributed by atoms with Gasteiger partial charge in [0, 0.05) is 30.7 Å². The van der Waals surface area contributed by atoms with Crippen molar-refractivity contribution in [1.29, 1.82) is 0 Å². The molecule has 5 heteroatoms. The Labute approximate surface area is 98.8 Å². The number of nitrogens with zero attached hydrogens (tertiary/aromatic N) is 3. The van der Waals surface area contributed by atoms with E-state index < -0.39 is 0 Å². The number of rotatable bonds is 4. The third-order valence-electron chi connectivity index (χ3n) is 2.18. The smallest absolute Gasteiger partial charge is 0.251 e. The summed E-state index contributed by atoms with van der Waals surface area (Å²) in [6.45, 7) is 3.99. The third-order valence-corrected chi connectivity index (χ3v) is 2.18. The van der Waals surface area contributed by atoms with Gasteiger partial charge in [0.1, 0.15) is 12.1 Å². The molecule has 1 N–H and O–H groups in total. The number of pyridine rings is 1. The van der Waals surface area contributed by atoms with Gasteiger partial charge < -0.3 is 5.32 Å². The van der Waals surface area contributed by atoms with E-state index in [4.69, 9.17) is 0 Å². The van der Waals surface area contributed by atoms with Gasteiger partial charge in [-0.25, -0.2) is 9.97 Å². The lowest BCUT2D eigenvalue weighted by atomic mass is 10.2. The van der Waals surface area contributed by atoms with Crippen LogP contribution in [-0.2, 0) is 0 Å². The molecule has 5 nitrogen and oxygen atoms in total. The van der Waals surface area contributed by atoms with E-state index in [0.29, 0.717) is 17.9 Å². The SMILES string of the molecule is C=CCNC(=O)c1ccnc(-n2ccnc2)c1. The lowest BCUT2D eigenvalue weighted by Gasteiger charge is -2.05. The maximum atomic E-state index is 11.7. The number of carbonyl (C=O) groups is 1. The fourth-order valence-electron chi connectivity index (χ4n) is 1.36. The Morgan fingerprint density at radius 1 is 1.53 bits per heavy atom. The topological polar surface area (TPSA) is 59.8 Å².